The fourth-order valence-electron chi connectivity index (χ4n) is 6.62. The fraction of sp³-hybridized carbons (Fsp3) is 0.750. The number of nitrogens with two attached hydrogens (primary N) is 1. The van der Waals surface area contributed by atoms with Gasteiger partial charge in [-0.1, -0.05) is 13.3 Å². The minimum absolute atomic E-state index is 0.110. The number of nitrogens with zero attached hydrogens (tertiary/aromatic N) is 5. The van der Waals surface area contributed by atoms with Crippen molar-refractivity contribution >= 4 is 17.8 Å². The zero-order valence-corrected chi connectivity index (χ0v) is 24.2. The zero-order chi connectivity index (χ0) is 29.2. The van der Waals surface area contributed by atoms with Crippen LogP contribution in [0.15, 0.2) is 14.6 Å². The third kappa shape index (κ3) is 5.42. The van der Waals surface area contributed by atoms with Crippen LogP contribution in [0.4, 0.5) is 4.79 Å². The largest absolute Gasteiger partial charge is 0.494 e. The first kappa shape index (κ1) is 29.8. The molecule has 0 spiro atoms. The molecule has 1 saturated carbocycles. The smallest absolute Gasteiger partial charge is 0.334 e. The molecule has 3 amide bonds. The fourth-order valence-corrected chi connectivity index (χ4v) is 6.62. The Hall–Kier alpha value is -3.15. The van der Waals surface area contributed by atoms with E-state index >= 15 is 0 Å². The molecule has 0 bridgehead atoms. The summed E-state index contributed by atoms with van der Waals surface area (Å²) >= 11 is 0. The highest BCUT2D eigenvalue weighted by Crippen LogP contribution is 2.41. The van der Waals surface area contributed by atoms with E-state index in [0.29, 0.717) is 64.2 Å². The normalized spacial score (nSPS) is 26.6. The highest BCUT2D eigenvalue weighted by atomic mass is 16.5. The van der Waals surface area contributed by atoms with Gasteiger partial charge in [0.2, 0.25) is 5.88 Å². The number of carbonyl (C=O) groups is 2. The number of aliphatic imine (C=N–C) groups is 1. The number of amides is 3. The Balaban J connectivity index is 1.55. The summed E-state index contributed by atoms with van der Waals surface area (Å²) in [6.07, 6.45) is 6.27. The van der Waals surface area contributed by atoms with Gasteiger partial charge in [0.25, 0.3) is 11.5 Å². The third-order valence-electron chi connectivity index (χ3n) is 9.11. The van der Waals surface area contributed by atoms with Crippen molar-refractivity contribution in [1.82, 2.24) is 18.9 Å². The lowest BCUT2D eigenvalue weighted by atomic mass is 9.77. The first-order chi connectivity index (χ1) is 19.0. The average Bonchev–Trinajstić information content (AvgIpc) is 3.10. The molecule has 3 fully saturated rings. The van der Waals surface area contributed by atoms with Gasteiger partial charge in [-0.25, -0.2) is 9.59 Å². The van der Waals surface area contributed by atoms with Gasteiger partial charge >= 0.3 is 11.7 Å². The van der Waals surface area contributed by atoms with Crippen LogP contribution in [0, 0.1) is 11.8 Å². The molecule has 3 N–H and O–H groups in total. The first-order valence-electron chi connectivity index (χ1n) is 14.5. The molecule has 0 aromatic carbocycles. The second kappa shape index (κ2) is 12.2. The molecule has 1 aromatic heterocycles. The molecule has 4 rings (SSSR count). The van der Waals surface area contributed by atoms with Gasteiger partial charge in [0.1, 0.15) is 16.9 Å². The lowest BCUT2D eigenvalue weighted by molar-refractivity contribution is -0.133. The van der Waals surface area contributed by atoms with E-state index in [0.717, 1.165) is 19.3 Å². The lowest BCUT2D eigenvalue weighted by Gasteiger charge is -2.39. The molecule has 1 aromatic rings. The molecule has 1 aliphatic carbocycles. The van der Waals surface area contributed by atoms with E-state index in [1.54, 1.807) is 11.9 Å². The summed E-state index contributed by atoms with van der Waals surface area (Å²) in [6.45, 7) is 6.00. The van der Waals surface area contributed by atoms with Gasteiger partial charge in [-0.05, 0) is 70.1 Å². The number of rotatable bonds is 9. The van der Waals surface area contributed by atoms with Crippen molar-refractivity contribution in [1.29, 1.82) is 0 Å². The summed E-state index contributed by atoms with van der Waals surface area (Å²) in [7, 11) is 2.98. The van der Waals surface area contributed by atoms with Crippen LogP contribution in [-0.4, -0.2) is 81.2 Å². The first-order valence-corrected chi connectivity index (χ1v) is 14.5. The van der Waals surface area contributed by atoms with E-state index in [-0.39, 0.29) is 41.8 Å². The lowest BCUT2D eigenvalue weighted by Crippen LogP contribution is -2.51. The molecule has 12 nitrogen and oxygen atoms in total. The van der Waals surface area contributed by atoms with Crippen molar-refractivity contribution < 1.29 is 19.4 Å². The summed E-state index contributed by atoms with van der Waals surface area (Å²) in [6, 6.07) is -0.610. The van der Waals surface area contributed by atoms with Crippen LogP contribution in [0.3, 0.4) is 0 Å². The number of likely N-dealkylation sites (N-methyl/N-ethyl adjacent to an activating group) is 1. The number of imide groups is 1. The van der Waals surface area contributed by atoms with Crippen LogP contribution in [0.25, 0.3) is 0 Å². The molecule has 2 aliphatic heterocycles. The number of amidine groups is 1. The Kier molecular flexibility index (Phi) is 9.06. The molecule has 222 valence electrons. The van der Waals surface area contributed by atoms with Gasteiger partial charge in [0.05, 0.1) is 0 Å². The molecule has 0 unspecified atom stereocenters. The Bertz CT molecular complexity index is 1260. The monoisotopic (exact) mass is 560 g/mol. The van der Waals surface area contributed by atoms with Gasteiger partial charge in [0.15, 0.2) is 0 Å². The van der Waals surface area contributed by atoms with E-state index in [9.17, 15) is 24.3 Å². The zero-order valence-electron chi connectivity index (χ0n) is 24.2. The highest BCUT2D eigenvalue weighted by molar-refractivity contribution is 6.06. The summed E-state index contributed by atoms with van der Waals surface area (Å²) in [5, 5.41) is 10.8. The molecule has 40 heavy (non-hydrogen) atoms. The average molecular weight is 561 g/mol. The molecular weight excluding hydrogens is 516 g/mol. The Morgan fingerprint density at radius 1 is 1.07 bits per heavy atom. The quantitative estimate of drug-likeness (QED) is 0.266. The van der Waals surface area contributed by atoms with E-state index < -0.39 is 22.7 Å². The molecular formula is C28H44N6O6. The van der Waals surface area contributed by atoms with Crippen LogP contribution in [0.1, 0.15) is 83.2 Å². The minimum Gasteiger partial charge on any atom is -0.494 e. The maximum atomic E-state index is 13.4. The second-order valence-corrected chi connectivity index (χ2v) is 11.7. The van der Waals surface area contributed by atoms with Crippen molar-refractivity contribution in [2.75, 3.05) is 33.9 Å². The summed E-state index contributed by atoms with van der Waals surface area (Å²) in [5.74, 6) is -0.279. The van der Waals surface area contributed by atoms with Gasteiger partial charge in [-0.3, -0.25) is 28.6 Å². The number of hydrogen-bond acceptors (Lipinski definition) is 7. The topological polar surface area (TPSA) is 152 Å². The second-order valence-electron chi connectivity index (χ2n) is 11.7. The predicted molar refractivity (Wildman–Crippen MR) is 151 cm³/mol. The van der Waals surface area contributed by atoms with E-state index in [1.165, 1.54) is 21.1 Å². The summed E-state index contributed by atoms with van der Waals surface area (Å²) in [4.78, 5) is 60.1. The van der Waals surface area contributed by atoms with Crippen LogP contribution in [-0.2, 0) is 16.1 Å². The van der Waals surface area contributed by atoms with Crippen LogP contribution in [0.5, 0.6) is 5.88 Å². The molecule has 12 heteroatoms. The van der Waals surface area contributed by atoms with Gasteiger partial charge in [0, 0.05) is 46.4 Å². The molecule has 3 heterocycles. The van der Waals surface area contributed by atoms with Gasteiger partial charge in [-0.15, -0.1) is 0 Å². The highest BCUT2D eigenvalue weighted by Gasteiger charge is 2.54. The van der Waals surface area contributed by atoms with E-state index in [1.807, 2.05) is 13.8 Å². The Labute approximate surface area is 234 Å². The van der Waals surface area contributed by atoms with Gasteiger partial charge in [-0.2, -0.15) is 0 Å². The van der Waals surface area contributed by atoms with Crippen molar-refractivity contribution in [2.45, 2.75) is 89.8 Å². The minimum atomic E-state index is -0.927. The van der Waals surface area contributed by atoms with Crippen LogP contribution >= 0.6 is 0 Å². The standard InChI is InChI=1S/C28H44N6O6/c1-5-6-13-32-23(35)21(22(29)30-3)24(36)34(27(32)39)20-9-7-18(8-10-20)16-28(2)25(37)31(4)26(38)33(28)17-19-11-14-40-15-12-19/h18-20,35H,5-17H2,1-4H3,(H2,29,30)/t18?,20?,28-/m0/s1. The van der Waals surface area contributed by atoms with Crippen LogP contribution in [0.2, 0.25) is 0 Å². The van der Waals surface area contributed by atoms with Crippen molar-refractivity contribution in [3.63, 3.8) is 0 Å². The number of ether oxygens (including phenoxy) is 1. The Morgan fingerprint density at radius 2 is 1.73 bits per heavy atom. The predicted octanol–water partition coefficient (Wildman–Crippen LogP) is 2.05. The number of carbonyl (C=O) groups excluding carboxylic acids is 2. The SMILES string of the molecule is CCCCn1c(O)c(C(N)=NC)c(=O)n(C2CCC(C[C@@]3(C)C(=O)N(C)C(=O)N3CC3CCOCC3)CC2)c1=O. The summed E-state index contributed by atoms with van der Waals surface area (Å²) in [5.41, 5.74) is 3.73. The number of urea groups is 1. The van der Waals surface area contributed by atoms with Crippen molar-refractivity contribution in [3.05, 3.63) is 26.4 Å². The maximum Gasteiger partial charge on any atom is 0.334 e. The third-order valence-corrected chi connectivity index (χ3v) is 9.11. The molecule has 2 saturated heterocycles. The maximum absolute atomic E-state index is 13.4. The van der Waals surface area contributed by atoms with Crippen LogP contribution < -0.4 is 17.0 Å². The molecule has 1 atom stereocenters. The molecule has 0 radical (unpaired) electrons. The number of aromatic hydroxyl groups is 1. The van der Waals surface area contributed by atoms with Gasteiger partial charge < -0.3 is 20.5 Å². The number of aromatic nitrogens is 2. The van der Waals surface area contributed by atoms with E-state index in [2.05, 4.69) is 4.99 Å². The van der Waals surface area contributed by atoms with Crippen molar-refractivity contribution in [2.24, 2.45) is 22.6 Å². The van der Waals surface area contributed by atoms with E-state index in [4.69, 9.17) is 10.5 Å². The Morgan fingerprint density at radius 3 is 2.33 bits per heavy atom. The number of unbranched alkanes of at least 4 members (excludes halogenated alkanes) is 1. The number of hydrogen-bond donors (Lipinski definition) is 2. The van der Waals surface area contributed by atoms with Crippen molar-refractivity contribution in [3.8, 4) is 5.88 Å². The summed E-state index contributed by atoms with van der Waals surface area (Å²) < 4.78 is 7.93. The molecule has 3 aliphatic rings.